The number of anilines is 1. The molecule has 3 rings (SSSR count). The van der Waals surface area contributed by atoms with Crippen molar-refractivity contribution in [3.8, 4) is 0 Å². The molecule has 2 fully saturated rings. The van der Waals surface area contributed by atoms with Crippen molar-refractivity contribution < 1.29 is 4.74 Å². The average Bonchev–Trinajstić information content (AvgIpc) is 2.97. The van der Waals surface area contributed by atoms with E-state index in [2.05, 4.69) is 43.0 Å². The van der Waals surface area contributed by atoms with E-state index in [9.17, 15) is 0 Å². The van der Waals surface area contributed by atoms with Gasteiger partial charge in [0.05, 0.1) is 0 Å². The van der Waals surface area contributed by atoms with E-state index >= 15 is 0 Å². The molecule has 0 amide bonds. The molecule has 2 saturated heterocycles. The van der Waals surface area contributed by atoms with Crippen LogP contribution >= 0.6 is 0 Å². The minimum Gasteiger partial charge on any atom is -0.381 e. The van der Waals surface area contributed by atoms with E-state index < -0.39 is 0 Å². The largest absolute Gasteiger partial charge is 0.381 e. The van der Waals surface area contributed by atoms with Crippen LogP contribution in [-0.4, -0.2) is 56.3 Å². The summed E-state index contributed by atoms with van der Waals surface area (Å²) in [6.45, 7) is 6.33. The van der Waals surface area contributed by atoms with Crippen LogP contribution in [0.2, 0.25) is 0 Å². The first kappa shape index (κ1) is 14.8. The van der Waals surface area contributed by atoms with Gasteiger partial charge in [0.2, 0.25) is 0 Å². The fraction of sp³-hybridized carbons (Fsp3) is 0.706. The van der Waals surface area contributed by atoms with E-state index in [1.165, 1.54) is 37.2 Å². The quantitative estimate of drug-likeness (QED) is 0.854. The highest BCUT2D eigenvalue weighted by Gasteiger charge is 2.30. The van der Waals surface area contributed by atoms with Gasteiger partial charge in [-0.25, -0.2) is 0 Å². The molecule has 1 aromatic heterocycles. The molecule has 0 N–H and O–H groups in total. The third kappa shape index (κ3) is 3.38. The molecule has 0 aromatic carbocycles. The molecule has 0 unspecified atom stereocenters. The second-order valence-corrected chi connectivity index (χ2v) is 6.61. The predicted molar refractivity (Wildman–Crippen MR) is 86.1 cm³/mol. The van der Waals surface area contributed by atoms with Crippen molar-refractivity contribution in [1.29, 1.82) is 0 Å². The molecule has 0 radical (unpaired) electrons. The Morgan fingerprint density at radius 1 is 1.19 bits per heavy atom. The zero-order valence-corrected chi connectivity index (χ0v) is 13.5. The molecule has 1 aromatic rings. The molecule has 3 heterocycles. The van der Waals surface area contributed by atoms with E-state index in [1.807, 2.05) is 0 Å². The summed E-state index contributed by atoms with van der Waals surface area (Å²) in [7, 11) is 4.20. The number of likely N-dealkylation sites (tertiary alicyclic amines) is 1. The number of ether oxygens (including phenoxy) is 1. The highest BCUT2D eigenvalue weighted by Crippen LogP contribution is 2.31. The van der Waals surface area contributed by atoms with Gasteiger partial charge in [-0.1, -0.05) is 0 Å². The third-order valence-corrected chi connectivity index (χ3v) is 4.82. The summed E-state index contributed by atoms with van der Waals surface area (Å²) in [6.07, 6.45) is 3.62. The first-order valence-corrected chi connectivity index (χ1v) is 8.11. The van der Waals surface area contributed by atoms with Crippen LogP contribution in [0.5, 0.6) is 0 Å². The summed E-state index contributed by atoms with van der Waals surface area (Å²) in [5.74, 6) is 0.589. The molecule has 0 bridgehead atoms. The second-order valence-electron chi connectivity index (χ2n) is 6.61. The van der Waals surface area contributed by atoms with Crippen LogP contribution in [0, 0.1) is 6.92 Å². The smallest absolute Gasteiger partial charge is 0.0480 e. The van der Waals surface area contributed by atoms with Crippen LogP contribution in [-0.2, 0) is 4.74 Å². The summed E-state index contributed by atoms with van der Waals surface area (Å²) < 4.78 is 5.48. The van der Waals surface area contributed by atoms with Gasteiger partial charge in [0, 0.05) is 62.9 Å². The molecular weight excluding hydrogens is 262 g/mol. The predicted octanol–water partition coefficient (Wildman–Crippen LogP) is 2.42. The van der Waals surface area contributed by atoms with Gasteiger partial charge < -0.3 is 9.64 Å². The molecule has 0 aliphatic carbocycles. The molecule has 2 aliphatic heterocycles. The fourth-order valence-electron chi connectivity index (χ4n) is 3.55. The van der Waals surface area contributed by atoms with Crippen molar-refractivity contribution in [2.75, 3.05) is 45.3 Å². The summed E-state index contributed by atoms with van der Waals surface area (Å²) in [5, 5.41) is 0. The molecule has 21 heavy (non-hydrogen) atoms. The van der Waals surface area contributed by atoms with Crippen molar-refractivity contribution in [1.82, 2.24) is 9.88 Å². The molecule has 4 nitrogen and oxygen atoms in total. The Labute approximate surface area is 128 Å². The summed E-state index contributed by atoms with van der Waals surface area (Å²) in [4.78, 5) is 9.63. The Bertz CT molecular complexity index is 483. The lowest BCUT2D eigenvalue weighted by molar-refractivity contribution is 0.0419. The number of rotatable bonds is 3. The Balaban J connectivity index is 1.70. The standard InChI is InChI=1S/C17H27N3O/c1-13-10-16(19(2)3)11-17(18-13)14-4-7-20(12-14)15-5-8-21-9-6-15/h10-11,14-15H,4-9,12H2,1-3H3/t14-/m0/s1. The molecule has 116 valence electrons. The van der Waals surface area contributed by atoms with Gasteiger partial charge in [0.25, 0.3) is 0 Å². The van der Waals surface area contributed by atoms with E-state index in [-0.39, 0.29) is 0 Å². The van der Waals surface area contributed by atoms with E-state index in [1.54, 1.807) is 0 Å². The lowest BCUT2D eigenvalue weighted by atomic mass is 10.0. The second kappa shape index (κ2) is 6.32. The van der Waals surface area contributed by atoms with Crippen molar-refractivity contribution in [3.05, 3.63) is 23.5 Å². The first-order chi connectivity index (χ1) is 10.1. The van der Waals surface area contributed by atoms with E-state index in [0.29, 0.717) is 5.92 Å². The maximum Gasteiger partial charge on any atom is 0.0480 e. The van der Waals surface area contributed by atoms with Crippen LogP contribution in [0.25, 0.3) is 0 Å². The van der Waals surface area contributed by atoms with Gasteiger partial charge in [-0.2, -0.15) is 0 Å². The van der Waals surface area contributed by atoms with Gasteiger partial charge >= 0.3 is 0 Å². The van der Waals surface area contributed by atoms with Crippen molar-refractivity contribution in [2.45, 2.75) is 38.1 Å². The Morgan fingerprint density at radius 2 is 1.95 bits per heavy atom. The summed E-state index contributed by atoms with van der Waals surface area (Å²) in [5.41, 5.74) is 3.66. The first-order valence-electron chi connectivity index (χ1n) is 8.11. The number of hydrogen-bond acceptors (Lipinski definition) is 4. The van der Waals surface area contributed by atoms with Crippen LogP contribution in [0.15, 0.2) is 12.1 Å². The fourth-order valence-corrected chi connectivity index (χ4v) is 3.55. The molecular formula is C17H27N3O. The van der Waals surface area contributed by atoms with Crippen molar-refractivity contribution in [2.24, 2.45) is 0 Å². The molecule has 4 heteroatoms. The number of aromatic nitrogens is 1. The Hall–Kier alpha value is -1.13. The number of aryl methyl sites for hydroxylation is 1. The van der Waals surface area contributed by atoms with Crippen molar-refractivity contribution >= 4 is 5.69 Å². The minimum atomic E-state index is 0.589. The zero-order chi connectivity index (χ0) is 14.8. The lowest BCUT2D eigenvalue weighted by Gasteiger charge is -2.31. The van der Waals surface area contributed by atoms with Crippen LogP contribution in [0.4, 0.5) is 5.69 Å². The number of hydrogen-bond donors (Lipinski definition) is 0. The van der Waals surface area contributed by atoms with Gasteiger partial charge in [-0.05, 0) is 44.9 Å². The zero-order valence-electron chi connectivity index (χ0n) is 13.5. The SMILES string of the molecule is Cc1cc(N(C)C)cc([C@H]2CCN(C3CCOCC3)C2)n1. The molecule has 0 spiro atoms. The monoisotopic (exact) mass is 289 g/mol. The number of nitrogens with zero attached hydrogens (tertiary/aromatic N) is 3. The van der Waals surface area contributed by atoms with Crippen molar-refractivity contribution in [3.63, 3.8) is 0 Å². The number of pyridine rings is 1. The summed E-state index contributed by atoms with van der Waals surface area (Å²) >= 11 is 0. The molecule has 0 saturated carbocycles. The van der Waals surface area contributed by atoms with Gasteiger partial charge in [-0.15, -0.1) is 0 Å². The Morgan fingerprint density at radius 3 is 2.67 bits per heavy atom. The maximum absolute atomic E-state index is 5.48. The third-order valence-electron chi connectivity index (χ3n) is 4.82. The van der Waals surface area contributed by atoms with Crippen LogP contribution < -0.4 is 4.90 Å². The van der Waals surface area contributed by atoms with Crippen LogP contribution in [0.1, 0.15) is 36.6 Å². The highest BCUT2D eigenvalue weighted by atomic mass is 16.5. The van der Waals surface area contributed by atoms with Gasteiger partial charge in [-0.3, -0.25) is 9.88 Å². The van der Waals surface area contributed by atoms with Gasteiger partial charge in [0.1, 0.15) is 0 Å². The molecule has 1 atom stereocenters. The topological polar surface area (TPSA) is 28.6 Å². The Kier molecular flexibility index (Phi) is 4.45. The van der Waals surface area contributed by atoms with Gasteiger partial charge in [0.15, 0.2) is 0 Å². The lowest BCUT2D eigenvalue weighted by Crippen LogP contribution is -2.37. The summed E-state index contributed by atoms with van der Waals surface area (Å²) in [6, 6.07) is 5.15. The van der Waals surface area contributed by atoms with E-state index in [4.69, 9.17) is 9.72 Å². The average molecular weight is 289 g/mol. The van der Waals surface area contributed by atoms with E-state index in [0.717, 1.165) is 31.5 Å². The van der Waals surface area contributed by atoms with Crippen LogP contribution in [0.3, 0.4) is 0 Å². The molecule has 2 aliphatic rings. The minimum absolute atomic E-state index is 0.589. The maximum atomic E-state index is 5.48. The highest BCUT2D eigenvalue weighted by molar-refractivity contribution is 5.47. The normalized spacial score (nSPS) is 24.4.